The number of amides is 1. The zero-order valence-corrected chi connectivity index (χ0v) is 13.8. The first kappa shape index (κ1) is 15.9. The lowest BCUT2D eigenvalue weighted by Gasteiger charge is -2.08. The highest BCUT2D eigenvalue weighted by atomic mass is 32.1. The van der Waals surface area contributed by atoms with Crippen molar-refractivity contribution in [2.75, 3.05) is 19.0 Å². The summed E-state index contributed by atoms with van der Waals surface area (Å²) in [6.07, 6.45) is -0.0275. The monoisotopic (exact) mass is 333 g/mol. The van der Waals surface area contributed by atoms with Crippen LogP contribution in [0.1, 0.15) is 11.3 Å². The number of aryl methyl sites for hydroxylation is 1. The van der Waals surface area contributed by atoms with Gasteiger partial charge >= 0.3 is 0 Å². The summed E-state index contributed by atoms with van der Waals surface area (Å²) in [6, 6.07) is 7.30. The van der Waals surface area contributed by atoms with E-state index in [2.05, 4.69) is 15.6 Å². The molecule has 0 saturated carbocycles. The molecule has 122 valence electrons. The first-order valence-electron chi connectivity index (χ1n) is 7.41. The zero-order chi connectivity index (χ0) is 16.4. The molecule has 2 heterocycles. The van der Waals surface area contributed by atoms with Gasteiger partial charge in [-0.2, -0.15) is 0 Å². The molecule has 1 amide bonds. The Balaban J connectivity index is 1.73. The number of hydrogen-bond acceptors (Lipinski definition) is 6. The smallest absolute Gasteiger partial charge is 0.243 e. The molecule has 1 fully saturated rings. The lowest BCUT2D eigenvalue weighted by atomic mass is 10.1. The molecule has 3 rings (SSSR count). The van der Waals surface area contributed by atoms with E-state index in [-0.39, 0.29) is 11.9 Å². The molecule has 1 aromatic carbocycles. The van der Waals surface area contributed by atoms with Crippen molar-refractivity contribution in [3.63, 3.8) is 0 Å². The van der Waals surface area contributed by atoms with Gasteiger partial charge in [0.15, 0.2) is 5.13 Å². The fraction of sp³-hybridized carbons (Fsp3) is 0.375. The number of carbonyl (C=O) groups is 1. The fourth-order valence-electron chi connectivity index (χ4n) is 2.58. The third-order valence-electron chi connectivity index (χ3n) is 3.81. The largest absolute Gasteiger partial charge is 0.497 e. The van der Waals surface area contributed by atoms with Crippen LogP contribution in [-0.4, -0.2) is 41.8 Å². The molecule has 0 unspecified atom stereocenters. The highest BCUT2D eigenvalue weighted by Crippen LogP contribution is 2.31. The van der Waals surface area contributed by atoms with E-state index in [4.69, 9.17) is 4.74 Å². The average molecular weight is 333 g/mol. The van der Waals surface area contributed by atoms with Gasteiger partial charge in [-0.25, -0.2) is 4.98 Å². The van der Waals surface area contributed by atoms with Crippen molar-refractivity contribution >= 4 is 22.4 Å². The summed E-state index contributed by atoms with van der Waals surface area (Å²) in [4.78, 5) is 17.7. The Hall–Kier alpha value is -1.96. The topological polar surface area (TPSA) is 83.5 Å². The van der Waals surface area contributed by atoms with Crippen LogP contribution in [0.2, 0.25) is 0 Å². The van der Waals surface area contributed by atoms with Crippen LogP contribution >= 0.6 is 11.3 Å². The Bertz CT molecular complexity index is 699. The van der Waals surface area contributed by atoms with Gasteiger partial charge in [-0.1, -0.05) is 0 Å². The second kappa shape index (κ2) is 6.66. The Morgan fingerprint density at radius 1 is 1.43 bits per heavy atom. The maximum absolute atomic E-state index is 12.2. The third-order valence-corrected chi connectivity index (χ3v) is 4.70. The van der Waals surface area contributed by atoms with Gasteiger partial charge in [-0.3, -0.25) is 4.79 Å². The number of aromatic nitrogens is 1. The van der Waals surface area contributed by atoms with Gasteiger partial charge in [-0.15, -0.1) is 11.3 Å². The first-order chi connectivity index (χ1) is 11.1. The molecule has 23 heavy (non-hydrogen) atoms. The van der Waals surface area contributed by atoms with Crippen molar-refractivity contribution in [3.8, 4) is 17.0 Å². The Kier molecular flexibility index (Phi) is 4.61. The maximum atomic E-state index is 12.2. The van der Waals surface area contributed by atoms with Gasteiger partial charge < -0.3 is 20.5 Å². The molecular formula is C16H19N3O3S. The van der Waals surface area contributed by atoms with E-state index >= 15 is 0 Å². The van der Waals surface area contributed by atoms with Crippen LogP contribution in [0.3, 0.4) is 0 Å². The summed E-state index contributed by atoms with van der Waals surface area (Å²) in [5.74, 6) is 0.637. The molecule has 1 aliphatic heterocycles. The van der Waals surface area contributed by atoms with E-state index in [0.29, 0.717) is 18.1 Å². The van der Waals surface area contributed by atoms with Crippen LogP contribution in [0.5, 0.6) is 5.75 Å². The van der Waals surface area contributed by atoms with E-state index in [1.165, 1.54) is 11.3 Å². The van der Waals surface area contributed by atoms with E-state index in [0.717, 1.165) is 21.9 Å². The fourth-order valence-corrected chi connectivity index (χ4v) is 3.41. The number of carbonyl (C=O) groups excluding carboxylic acids is 1. The summed E-state index contributed by atoms with van der Waals surface area (Å²) < 4.78 is 5.16. The van der Waals surface area contributed by atoms with Crippen molar-refractivity contribution in [2.24, 2.45) is 0 Å². The molecule has 1 aromatic heterocycles. The van der Waals surface area contributed by atoms with Gasteiger partial charge in [0.2, 0.25) is 5.91 Å². The molecule has 6 nitrogen and oxygen atoms in total. The first-order valence-corrected chi connectivity index (χ1v) is 8.22. The van der Waals surface area contributed by atoms with E-state index in [1.54, 1.807) is 7.11 Å². The minimum absolute atomic E-state index is 0.156. The Labute approximate surface area is 138 Å². The average Bonchev–Trinajstić information content (AvgIpc) is 3.13. The van der Waals surface area contributed by atoms with Crippen LogP contribution in [0.25, 0.3) is 11.3 Å². The maximum Gasteiger partial charge on any atom is 0.243 e. The molecule has 1 aliphatic rings. The highest BCUT2D eigenvalue weighted by molar-refractivity contribution is 7.16. The minimum atomic E-state index is -0.460. The predicted octanol–water partition coefficient (Wildman–Crippen LogP) is 1.79. The molecule has 0 bridgehead atoms. The number of nitrogens with zero attached hydrogens (tertiary/aromatic N) is 1. The molecule has 1 saturated heterocycles. The second-order valence-electron chi connectivity index (χ2n) is 5.49. The number of aliphatic hydroxyl groups is 1. The van der Waals surface area contributed by atoms with Crippen molar-refractivity contribution in [1.82, 2.24) is 10.3 Å². The Morgan fingerprint density at radius 2 is 2.17 bits per heavy atom. The minimum Gasteiger partial charge on any atom is -0.497 e. The van der Waals surface area contributed by atoms with Crippen molar-refractivity contribution < 1.29 is 14.6 Å². The van der Waals surface area contributed by atoms with Gasteiger partial charge in [-0.05, 0) is 37.6 Å². The molecule has 2 atom stereocenters. The van der Waals surface area contributed by atoms with Crippen LogP contribution < -0.4 is 15.4 Å². The highest BCUT2D eigenvalue weighted by Gasteiger charge is 2.28. The van der Waals surface area contributed by atoms with Gasteiger partial charge in [0.05, 0.1) is 24.9 Å². The quantitative estimate of drug-likeness (QED) is 0.794. The number of aliphatic hydroxyl groups excluding tert-OH is 1. The molecular weight excluding hydrogens is 314 g/mol. The second-order valence-corrected chi connectivity index (χ2v) is 6.70. The number of methoxy groups -OCH3 is 1. The van der Waals surface area contributed by atoms with Gasteiger partial charge in [0.25, 0.3) is 0 Å². The normalized spacial score (nSPS) is 20.5. The number of β-amino-alcohol motifs (C(OH)–C–C–N with tert-alkyl or cyclic N) is 1. The summed E-state index contributed by atoms with van der Waals surface area (Å²) in [5, 5.41) is 15.9. The van der Waals surface area contributed by atoms with Crippen LogP contribution in [0, 0.1) is 6.92 Å². The third kappa shape index (κ3) is 3.52. The lowest BCUT2D eigenvalue weighted by molar-refractivity contribution is -0.117. The van der Waals surface area contributed by atoms with Crippen LogP contribution in [0.4, 0.5) is 5.13 Å². The van der Waals surface area contributed by atoms with E-state index < -0.39 is 6.10 Å². The SMILES string of the molecule is COc1ccc(-c2nc(NC(=O)[C@H]3C[C@@H](O)CN3)sc2C)cc1. The van der Waals surface area contributed by atoms with Crippen LogP contribution in [0.15, 0.2) is 24.3 Å². The molecule has 0 aliphatic carbocycles. The van der Waals surface area contributed by atoms with Crippen molar-refractivity contribution in [2.45, 2.75) is 25.5 Å². The number of hydrogen-bond donors (Lipinski definition) is 3. The summed E-state index contributed by atoms with van der Waals surface area (Å²) in [6.45, 7) is 2.43. The molecule has 0 radical (unpaired) electrons. The van der Waals surface area contributed by atoms with Crippen LogP contribution in [-0.2, 0) is 4.79 Å². The molecule has 0 spiro atoms. The van der Waals surface area contributed by atoms with Gasteiger partial charge in [0.1, 0.15) is 5.75 Å². The number of nitrogens with one attached hydrogen (secondary N) is 2. The summed E-state index contributed by atoms with van der Waals surface area (Å²) in [7, 11) is 1.63. The number of thiazole rings is 1. The number of ether oxygens (including phenoxy) is 1. The Morgan fingerprint density at radius 3 is 2.78 bits per heavy atom. The molecule has 3 N–H and O–H groups in total. The predicted molar refractivity (Wildman–Crippen MR) is 89.9 cm³/mol. The van der Waals surface area contributed by atoms with Gasteiger partial charge in [0, 0.05) is 17.0 Å². The lowest BCUT2D eigenvalue weighted by Crippen LogP contribution is -2.35. The standard InChI is InChI=1S/C16H19N3O3S/c1-9-14(10-3-5-12(22-2)6-4-10)18-16(23-9)19-15(21)13-7-11(20)8-17-13/h3-6,11,13,17,20H,7-8H2,1-2H3,(H,18,19,21)/t11-,13-/m1/s1. The number of benzene rings is 1. The summed E-state index contributed by atoms with van der Waals surface area (Å²) >= 11 is 1.44. The van der Waals surface area contributed by atoms with E-state index in [1.807, 2.05) is 31.2 Å². The molecule has 7 heteroatoms. The number of anilines is 1. The van der Waals surface area contributed by atoms with Crippen molar-refractivity contribution in [3.05, 3.63) is 29.1 Å². The number of rotatable bonds is 4. The summed E-state index contributed by atoms with van der Waals surface area (Å²) in [5.41, 5.74) is 1.84. The zero-order valence-electron chi connectivity index (χ0n) is 13.0. The van der Waals surface area contributed by atoms with E-state index in [9.17, 15) is 9.90 Å². The van der Waals surface area contributed by atoms with Crippen molar-refractivity contribution in [1.29, 1.82) is 0 Å². The molecule has 2 aromatic rings.